The third-order valence-corrected chi connectivity index (χ3v) is 5.48. The van der Waals surface area contributed by atoms with Gasteiger partial charge in [-0.1, -0.05) is 0 Å². The van der Waals surface area contributed by atoms with Crippen LogP contribution in [0.3, 0.4) is 0 Å². The standard InChI is InChI=1S/C19H26N4O3/c1-21-11-15(12-22-7-6-16(24)13-22)18(20-21)19(25)23-8-4-14(5-9-23)17-3-2-10-26-17/h2-3,10-11,14,16,24H,4-9,12-13H2,1H3. The maximum absolute atomic E-state index is 13.0. The van der Waals surface area contributed by atoms with E-state index in [1.165, 1.54) is 0 Å². The molecule has 0 saturated carbocycles. The van der Waals surface area contributed by atoms with Crippen LogP contribution in [0.5, 0.6) is 0 Å². The molecular formula is C19H26N4O3. The molecular weight excluding hydrogens is 332 g/mol. The van der Waals surface area contributed by atoms with Gasteiger partial charge in [-0.3, -0.25) is 14.4 Å². The lowest BCUT2D eigenvalue weighted by Crippen LogP contribution is -2.38. The molecule has 140 valence electrons. The number of furan rings is 1. The van der Waals surface area contributed by atoms with Crippen LogP contribution in [-0.4, -0.2) is 62.9 Å². The minimum atomic E-state index is -0.258. The average Bonchev–Trinajstić information content (AvgIpc) is 3.37. The number of aryl methyl sites for hydroxylation is 1. The van der Waals surface area contributed by atoms with Crippen LogP contribution in [0.1, 0.15) is 47.0 Å². The Labute approximate surface area is 153 Å². The van der Waals surface area contributed by atoms with Gasteiger partial charge in [0.25, 0.3) is 5.91 Å². The van der Waals surface area contributed by atoms with Crippen molar-refractivity contribution in [2.45, 2.75) is 37.8 Å². The molecule has 2 saturated heterocycles. The van der Waals surface area contributed by atoms with E-state index >= 15 is 0 Å². The molecule has 4 rings (SSSR count). The van der Waals surface area contributed by atoms with Crippen LogP contribution in [0.15, 0.2) is 29.0 Å². The van der Waals surface area contributed by atoms with E-state index in [0.717, 1.165) is 50.2 Å². The van der Waals surface area contributed by atoms with Crippen LogP contribution in [-0.2, 0) is 13.6 Å². The number of carbonyl (C=O) groups is 1. The van der Waals surface area contributed by atoms with E-state index in [9.17, 15) is 9.90 Å². The summed E-state index contributed by atoms with van der Waals surface area (Å²) in [5, 5.41) is 14.2. The van der Waals surface area contributed by atoms with Crippen molar-refractivity contribution >= 4 is 5.91 Å². The van der Waals surface area contributed by atoms with Gasteiger partial charge in [-0.15, -0.1) is 0 Å². The zero-order valence-corrected chi connectivity index (χ0v) is 15.2. The second kappa shape index (κ2) is 7.25. The molecule has 2 aromatic rings. The van der Waals surface area contributed by atoms with Crippen molar-refractivity contribution in [2.24, 2.45) is 7.05 Å². The van der Waals surface area contributed by atoms with E-state index < -0.39 is 0 Å². The van der Waals surface area contributed by atoms with E-state index in [2.05, 4.69) is 10.00 Å². The third kappa shape index (κ3) is 3.54. The van der Waals surface area contributed by atoms with Crippen LogP contribution in [0.4, 0.5) is 0 Å². The molecule has 2 fully saturated rings. The third-order valence-electron chi connectivity index (χ3n) is 5.48. The molecule has 0 aromatic carbocycles. The summed E-state index contributed by atoms with van der Waals surface area (Å²) in [5.41, 5.74) is 1.49. The fourth-order valence-electron chi connectivity index (χ4n) is 4.07. The highest BCUT2D eigenvalue weighted by molar-refractivity contribution is 5.93. The Morgan fingerprint density at radius 2 is 2.12 bits per heavy atom. The highest BCUT2D eigenvalue weighted by atomic mass is 16.3. The lowest BCUT2D eigenvalue weighted by Gasteiger charge is -2.31. The van der Waals surface area contributed by atoms with Gasteiger partial charge < -0.3 is 14.4 Å². The predicted octanol–water partition coefficient (Wildman–Crippen LogP) is 1.60. The average molecular weight is 358 g/mol. The maximum Gasteiger partial charge on any atom is 0.274 e. The fraction of sp³-hybridized carbons (Fsp3) is 0.579. The first-order valence-electron chi connectivity index (χ1n) is 9.36. The summed E-state index contributed by atoms with van der Waals surface area (Å²) in [7, 11) is 1.85. The molecule has 2 aliphatic heterocycles. The molecule has 4 heterocycles. The van der Waals surface area contributed by atoms with E-state index in [-0.39, 0.29) is 12.0 Å². The lowest BCUT2D eigenvalue weighted by atomic mass is 9.94. The number of rotatable bonds is 4. The number of aliphatic hydroxyl groups excluding tert-OH is 1. The van der Waals surface area contributed by atoms with Crippen molar-refractivity contribution in [2.75, 3.05) is 26.2 Å². The molecule has 1 atom stereocenters. The van der Waals surface area contributed by atoms with Gasteiger partial charge in [0.2, 0.25) is 0 Å². The summed E-state index contributed by atoms with van der Waals surface area (Å²) in [5.74, 6) is 1.42. The Balaban J connectivity index is 1.42. The number of piperidine rings is 1. The number of amides is 1. The minimum Gasteiger partial charge on any atom is -0.469 e. The smallest absolute Gasteiger partial charge is 0.274 e. The first kappa shape index (κ1) is 17.3. The highest BCUT2D eigenvalue weighted by Crippen LogP contribution is 2.29. The second-order valence-corrected chi connectivity index (χ2v) is 7.44. The van der Waals surface area contributed by atoms with Crippen LogP contribution < -0.4 is 0 Å². The van der Waals surface area contributed by atoms with Crippen molar-refractivity contribution in [3.05, 3.63) is 41.6 Å². The molecule has 1 unspecified atom stereocenters. The summed E-state index contributed by atoms with van der Waals surface area (Å²) in [6.07, 6.45) is 6.01. The molecule has 0 radical (unpaired) electrons. The summed E-state index contributed by atoms with van der Waals surface area (Å²) in [6, 6.07) is 3.94. The van der Waals surface area contributed by atoms with Gasteiger partial charge in [-0.2, -0.15) is 5.10 Å². The molecule has 0 spiro atoms. The first-order valence-corrected chi connectivity index (χ1v) is 9.36. The Hall–Kier alpha value is -2.12. The molecule has 2 aliphatic rings. The monoisotopic (exact) mass is 358 g/mol. The van der Waals surface area contributed by atoms with Crippen molar-refractivity contribution in [1.29, 1.82) is 0 Å². The van der Waals surface area contributed by atoms with Gasteiger partial charge in [-0.25, -0.2) is 0 Å². The lowest BCUT2D eigenvalue weighted by molar-refractivity contribution is 0.0699. The zero-order valence-electron chi connectivity index (χ0n) is 15.2. The Kier molecular flexibility index (Phi) is 4.82. The molecule has 1 amide bonds. The Morgan fingerprint density at radius 1 is 1.31 bits per heavy atom. The van der Waals surface area contributed by atoms with Crippen molar-refractivity contribution in [3.63, 3.8) is 0 Å². The highest BCUT2D eigenvalue weighted by Gasteiger charge is 2.29. The normalized spacial score (nSPS) is 22.2. The zero-order chi connectivity index (χ0) is 18.1. The van der Waals surface area contributed by atoms with Gasteiger partial charge in [-0.05, 0) is 31.4 Å². The predicted molar refractivity (Wildman–Crippen MR) is 95.7 cm³/mol. The Morgan fingerprint density at radius 3 is 2.77 bits per heavy atom. The van der Waals surface area contributed by atoms with Crippen LogP contribution >= 0.6 is 0 Å². The van der Waals surface area contributed by atoms with Gasteiger partial charge >= 0.3 is 0 Å². The van der Waals surface area contributed by atoms with E-state index in [1.54, 1.807) is 10.9 Å². The summed E-state index contributed by atoms with van der Waals surface area (Å²) >= 11 is 0. The van der Waals surface area contributed by atoms with Gasteiger partial charge in [0.05, 0.1) is 12.4 Å². The number of aromatic nitrogens is 2. The molecule has 7 heteroatoms. The number of β-amino-alcohol motifs (C(OH)–C–C–N with tert-alkyl or cyclic N) is 1. The van der Waals surface area contributed by atoms with Gasteiger partial charge in [0, 0.05) is 57.4 Å². The number of carbonyl (C=O) groups excluding carboxylic acids is 1. The molecule has 7 nitrogen and oxygen atoms in total. The van der Waals surface area contributed by atoms with Crippen molar-refractivity contribution < 1.29 is 14.3 Å². The summed E-state index contributed by atoms with van der Waals surface area (Å²) in [6.45, 7) is 3.63. The van der Waals surface area contributed by atoms with E-state index in [0.29, 0.717) is 24.7 Å². The van der Waals surface area contributed by atoms with Crippen molar-refractivity contribution in [3.8, 4) is 0 Å². The van der Waals surface area contributed by atoms with Gasteiger partial charge in [0.15, 0.2) is 5.69 Å². The topological polar surface area (TPSA) is 74.7 Å². The van der Waals surface area contributed by atoms with Crippen molar-refractivity contribution in [1.82, 2.24) is 19.6 Å². The number of aliphatic hydroxyl groups is 1. The van der Waals surface area contributed by atoms with Crippen LogP contribution in [0.25, 0.3) is 0 Å². The SMILES string of the molecule is Cn1cc(CN2CCC(O)C2)c(C(=O)N2CCC(c3ccco3)CC2)n1. The maximum atomic E-state index is 13.0. The number of hydrogen-bond acceptors (Lipinski definition) is 5. The Bertz CT molecular complexity index is 747. The van der Waals surface area contributed by atoms with Crippen LogP contribution in [0.2, 0.25) is 0 Å². The molecule has 1 N–H and O–H groups in total. The summed E-state index contributed by atoms with van der Waals surface area (Å²) < 4.78 is 7.23. The largest absolute Gasteiger partial charge is 0.469 e. The first-order chi connectivity index (χ1) is 12.6. The van der Waals surface area contributed by atoms with Gasteiger partial charge in [0.1, 0.15) is 5.76 Å². The van der Waals surface area contributed by atoms with Crippen LogP contribution in [0, 0.1) is 0 Å². The molecule has 0 aliphatic carbocycles. The number of likely N-dealkylation sites (tertiary alicyclic amines) is 2. The quantitative estimate of drug-likeness (QED) is 0.899. The molecule has 26 heavy (non-hydrogen) atoms. The van der Waals surface area contributed by atoms with E-state index in [1.807, 2.05) is 30.3 Å². The fourth-order valence-corrected chi connectivity index (χ4v) is 4.07. The molecule has 2 aromatic heterocycles. The minimum absolute atomic E-state index is 0.0123. The number of hydrogen-bond donors (Lipinski definition) is 1. The molecule has 0 bridgehead atoms. The number of nitrogens with zero attached hydrogens (tertiary/aromatic N) is 4. The van der Waals surface area contributed by atoms with E-state index in [4.69, 9.17) is 4.42 Å². The second-order valence-electron chi connectivity index (χ2n) is 7.44. The summed E-state index contributed by atoms with van der Waals surface area (Å²) in [4.78, 5) is 17.1.